The molecule has 4 heteroatoms. The Morgan fingerprint density at radius 1 is 1.40 bits per heavy atom. The Hall–Kier alpha value is -1.97. The van der Waals surface area contributed by atoms with Crippen LogP contribution in [0.3, 0.4) is 0 Å². The molecule has 0 saturated carbocycles. The highest BCUT2D eigenvalue weighted by molar-refractivity contribution is 5.53. The van der Waals surface area contributed by atoms with Crippen LogP contribution in [-0.2, 0) is 6.42 Å². The minimum Gasteiger partial charge on any atom is -0.360 e. The van der Waals surface area contributed by atoms with E-state index in [1.165, 1.54) is 0 Å². The summed E-state index contributed by atoms with van der Waals surface area (Å²) in [7, 11) is 0. The van der Waals surface area contributed by atoms with Gasteiger partial charge in [-0.25, -0.2) is 4.39 Å². The van der Waals surface area contributed by atoms with E-state index in [1.54, 1.807) is 12.3 Å². The summed E-state index contributed by atoms with van der Waals surface area (Å²) in [6, 6.07) is 7.14. The molecule has 2 heterocycles. The van der Waals surface area contributed by atoms with E-state index in [1.807, 2.05) is 18.2 Å². The summed E-state index contributed by atoms with van der Waals surface area (Å²) in [4.78, 5) is 4.10. The minimum atomic E-state index is -0.446. The molecule has 3 nitrogen and oxygen atoms in total. The molecule has 0 aliphatic carbocycles. The van der Waals surface area contributed by atoms with Crippen molar-refractivity contribution in [3.63, 3.8) is 0 Å². The molecule has 0 spiro atoms. The Bertz CT molecular complexity index is 464. The molecule has 0 fully saturated rings. The Morgan fingerprint density at radius 2 is 2.27 bits per heavy atom. The van der Waals surface area contributed by atoms with Gasteiger partial charge in [0.25, 0.3) is 0 Å². The van der Waals surface area contributed by atoms with Gasteiger partial charge in [-0.1, -0.05) is 17.8 Å². The number of halogens is 1. The molecule has 0 aliphatic rings. The maximum Gasteiger partial charge on any atom is 0.144 e. The van der Waals surface area contributed by atoms with Crippen molar-refractivity contribution in [3.8, 4) is 11.4 Å². The summed E-state index contributed by atoms with van der Waals surface area (Å²) in [6.07, 6.45) is 1.72. The monoisotopic (exact) mass is 204 g/mol. The fraction of sp³-hybridized carbons (Fsp3) is 0.0909. The standard InChI is InChI=1S/C11H9FN2O/c1-8(12)6-9-7-11(14-15-9)10-4-2-3-5-13-10/h2-5,7H,1,6H2. The molecule has 0 radical (unpaired) electrons. The SMILES string of the molecule is C=C(F)Cc1cc(-c2ccccn2)no1. The third-order valence-corrected chi connectivity index (χ3v) is 1.85. The van der Waals surface area contributed by atoms with Crippen LogP contribution in [-0.4, -0.2) is 10.1 Å². The predicted molar refractivity (Wildman–Crippen MR) is 53.7 cm³/mol. The largest absolute Gasteiger partial charge is 0.360 e. The number of nitrogens with zero attached hydrogens (tertiary/aromatic N) is 2. The summed E-state index contributed by atoms with van der Waals surface area (Å²) in [5.41, 5.74) is 1.31. The van der Waals surface area contributed by atoms with Crippen molar-refractivity contribution in [1.82, 2.24) is 10.1 Å². The lowest BCUT2D eigenvalue weighted by Gasteiger charge is -1.90. The molecule has 0 unspecified atom stereocenters. The zero-order chi connectivity index (χ0) is 10.7. The summed E-state index contributed by atoms with van der Waals surface area (Å²) < 4.78 is 17.4. The van der Waals surface area contributed by atoms with E-state index in [0.717, 1.165) is 0 Å². The maximum absolute atomic E-state index is 12.5. The van der Waals surface area contributed by atoms with Gasteiger partial charge >= 0.3 is 0 Å². The van der Waals surface area contributed by atoms with Crippen LogP contribution >= 0.6 is 0 Å². The van der Waals surface area contributed by atoms with E-state index in [4.69, 9.17) is 4.52 Å². The third-order valence-electron chi connectivity index (χ3n) is 1.85. The van der Waals surface area contributed by atoms with Crippen molar-refractivity contribution in [2.75, 3.05) is 0 Å². The van der Waals surface area contributed by atoms with Gasteiger partial charge < -0.3 is 4.52 Å². The third kappa shape index (κ3) is 2.28. The minimum absolute atomic E-state index is 0.0554. The predicted octanol–water partition coefficient (Wildman–Crippen LogP) is 2.76. The molecular weight excluding hydrogens is 195 g/mol. The maximum atomic E-state index is 12.5. The number of hydrogen-bond acceptors (Lipinski definition) is 3. The molecule has 0 amide bonds. The van der Waals surface area contributed by atoms with Crippen LogP contribution < -0.4 is 0 Å². The second-order valence-corrected chi connectivity index (χ2v) is 3.09. The molecule has 15 heavy (non-hydrogen) atoms. The lowest BCUT2D eigenvalue weighted by Crippen LogP contribution is -1.80. The molecule has 2 rings (SSSR count). The van der Waals surface area contributed by atoms with Gasteiger partial charge in [0.2, 0.25) is 0 Å². The molecule has 0 atom stereocenters. The lowest BCUT2D eigenvalue weighted by atomic mass is 10.2. The fourth-order valence-corrected chi connectivity index (χ4v) is 1.22. The molecular formula is C11H9FN2O. The first-order valence-corrected chi connectivity index (χ1v) is 4.46. The second-order valence-electron chi connectivity index (χ2n) is 3.09. The number of allylic oxidation sites excluding steroid dienone is 1. The first-order chi connectivity index (χ1) is 7.25. The normalized spacial score (nSPS) is 10.2. The highest BCUT2D eigenvalue weighted by Gasteiger charge is 2.07. The van der Waals surface area contributed by atoms with E-state index in [9.17, 15) is 4.39 Å². The van der Waals surface area contributed by atoms with Crippen LogP contribution in [0.4, 0.5) is 4.39 Å². The van der Waals surface area contributed by atoms with Crippen LogP contribution in [0.2, 0.25) is 0 Å². The molecule has 0 N–H and O–H groups in total. The van der Waals surface area contributed by atoms with E-state index in [2.05, 4.69) is 16.7 Å². The molecule has 0 aliphatic heterocycles. The quantitative estimate of drug-likeness (QED) is 0.771. The van der Waals surface area contributed by atoms with Gasteiger partial charge in [-0.2, -0.15) is 0 Å². The molecule has 0 bridgehead atoms. The average Bonchev–Trinajstić information content (AvgIpc) is 2.67. The van der Waals surface area contributed by atoms with Crippen LogP contribution in [0.5, 0.6) is 0 Å². The molecule has 2 aromatic rings. The number of hydrogen-bond donors (Lipinski definition) is 0. The van der Waals surface area contributed by atoms with Gasteiger partial charge in [0.1, 0.15) is 17.3 Å². The van der Waals surface area contributed by atoms with Crippen LogP contribution in [0.25, 0.3) is 11.4 Å². The Morgan fingerprint density at radius 3 is 2.93 bits per heavy atom. The van der Waals surface area contributed by atoms with Crippen LogP contribution in [0, 0.1) is 0 Å². The van der Waals surface area contributed by atoms with E-state index in [0.29, 0.717) is 17.1 Å². The van der Waals surface area contributed by atoms with E-state index < -0.39 is 5.83 Å². The van der Waals surface area contributed by atoms with E-state index >= 15 is 0 Å². The van der Waals surface area contributed by atoms with Crippen LogP contribution in [0.1, 0.15) is 5.76 Å². The molecule has 0 aromatic carbocycles. The molecule has 2 aromatic heterocycles. The lowest BCUT2D eigenvalue weighted by molar-refractivity contribution is 0.383. The zero-order valence-corrected chi connectivity index (χ0v) is 7.98. The smallest absolute Gasteiger partial charge is 0.144 e. The first-order valence-electron chi connectivity index (χ1n) is 4.46. The highest BCUT2D eigenvalue weighted by atomic mass is 19.1. The molecule has 0 saturated heterocycles. The summed E-state index contributed by atoms with van der Waals surface area (Å²) >= 11 is 0. The molecule has 76 valence electrons. The van der Waals surface area contributed by atoms with Gasteiger partial charge in [0.15, 0.2) is 0 Å². The first kappa shape index (κ1) is 9.58. The van der Waals surface area contributed by atoms with Crippen molar-refractivity contribution in [3.05, 3.63) is 48.6 Å². The number of rotatable bonds is 3. The fourth-order valence-electron chi connectivity index (χ4n) is 1.22. The number of aromatic nitrogens is 2. The van der Waals surface area contributed by atoms with Gasteiger partial charge in [-0.15, -0.1) is 0 Å². The van der Waals surface area contributed by atoms with Gasteiger partial charge in [0, 0.05) is 12.3 Å². The summed E-state index contributed by atoms with van der Waals surface area (Å²) in [6.45, 7) is 3.16. The Balaban J connectivity index is 2.24. The highest BCUT2D eigenvalue weighted by Crippen LogP contribution is 2.17. The second kappa shape index (κ2) is 4.04. The van der Waals surface area contributed by atoms with Crippen molar-refractivity contribution < 1.29 is 8.91 Å². The van der Waals surface area contributed by atoms with Gasteiger partial charge in [0.05, 0.1) is 12.1 Å². The van der Waals surface area contributed by atoms with Gasteiger partial charge in [-0.05, 0) is 12.1 Å². The summed E-state index contributed by atoms with van der Waals surface area (Å²) in [5.74, 6) is 0.00174. The van der Waals surface area contributed by atoms with E-state index in [-0.39, 0.29) is 6.42 Å². The zero-order valence-electron chi connectivity index (χ0n) is 7.98. The van der Waals surface area contributed by atoms with Crippen molar-refractivity contribution in [2.45, 2.75) is 6.42 Å². The van der Waals surface area contributed by atoms with Crippen molar-refractivity contribution in [1.29, 1.82) is 0 Å². The average molecular weight is 204 g/mol. The summed E-state index contributed by atoms with van der Waals surface area (Å²) in [5, 5.41) is 3.79. The van der Waals surface area contributed by atoms with Crippen molar-refractivity contribution in [2.24, 2.45) is 0 Å². The van der Waals surface area contributed by atoms with Crippen LogP contribution in [0.15, 0.2) is 47.4 Å². The Labute approximate surface area is 86.2 Å². The number of pyridine rings is 1. The van der Waals surface area contributed by atoms with Gasteiger partial charge in [-0.3, -0.25) is 4.98 Å². The van der Waals surface area contributed by atoms with Crippen molar-refractivity contribution >= 4 is 0 Å². The topological polar surface area (TPSA) is 38.9 Å². The Kier molecular flexibility index (Phi) is 2.58.